The Morgan fingerprint density at radius 1 is 1.14 bits per heavy atom. The highest BCUT2D eigenvalue weighted by molar-refractivity contribution is 6.11. The largest absolute Gasteiger partial charge is 0.394 e. The molecule has 1 atom stereocenters. The minimum atomic E-state index is -0.306. The van der Waals surface area contributed by atoms with E-state index in [1.54, 1.807) is 23.2 Å². The van der Waals surface area contributed by atoms with E-state index in [4.69, 9.17) is 0 Å². The first-order valence-corrected chi connectivity index (χ1v) is 9.74. The number of aromatic nitrogens is 2. The molecule has 3 heterocycles. The molecule has 1 N–H and O–H groups in total. The molecule has 1 aliphatic heterocycles. The fourth-order valence-corrected chi connectivity index (χ4v) is 4.26. The Morgan fingerprint density at radius 3 is 2.66 bits per heavy atom. The number of hydrogen-bond acceptors (Lipinski definition) is 3. The molecule has 1 amide bonds. The van der Waals surface area contributed by atoms with Crippen molar-refractivity contribution in [2.24, 2.45) is 0 Å². The number of imidazole rings is 1. The first-order valence-electron chi connectivity index (χ1n) is 9.74. The Kier molecular flexibility index (Phi) is 4.28. The van der Waals surface area contributed by atoms with Crippen LogP contribution >= 0.6 is 0 Å². The molecule has 5 nitrogen and oxygen atoms in total. The van der Waals surface area contributed by atoms with Gasteiger partial charge in [0.15, 0.2) is 0 Å². The predicted molar refractivity (Wildman–Crippen MR) is 109 cm³/mol. The Labute approximate surface area is 167 Å². The lowest BCUT2D eigenvalue weighted by atomic mass is 10.0. The van der Waals surface area contributed by atoms with Crippen LogP contribution in [0.25, 0.3) is 27.7 Å². The Bertz CT molecular complexity index is 1220. The summed E-state index contributed by atoms with van der Waals surface area (Å²) in [5, 5.41) is 11.4. The zero-order valence-electron chi connectivity index (χ0n) is 15.8. The molecule has 0 saturated carbocycles. The monoisotopic (exact) mass is 389 g/mol. The highest BCUT2D eigenvalue weighted by Crippen LogP contribution is 2.30. The molecule has 6 heteroatoms. The quantitative estimate of drug-likeness (QED) is 0.578. The second-order valence-electron chi connectivity index (χ2n) is 7.41. The van der Waals surface area contributed by atoms with Crippen molar-refractivity contribution < 1.29 is 14.3 Å². The van der Waals surface area contributed by atoms with Crippen molar-refractivity contribution >= 4 is 22.2 Å². The van der Waals surface area contributed by atoms with Gasteiger partial charge in [0, 0.05) is 23.7 Å². The maximum atomic E-state index is 13.4. The Balaban J connectivity index is 1.73. The third-order valence-electron chi connectivity index (χ3n) is 5.73. The SMILES string of the molecule is O=C(c1cn2c(-c3ccc(F)cc3)ncc2c2ccccc12)N1CCCC1CO. The second kappa shape index (κ2) is 6.97. The number of aliphatic hydroxyl groups is 1. The van der Waals surface area contributed by atoms with Crippen LogP contribution in [-0.4, -0.2) is 44.5 Å². The number of amides is 1. The van der Waals surface area contributed by atoms with E-state index >= 15 is 0 Å². The van der Waals surface area contributed by atoms with Crippen LogP contribution < -0.4 is 0 Å². The summed E-state index contributed by atoms with van der Waals surface area (Å²) in [5.41, 5.74) is 2.24. The van der Waals surface area contributed by atoms with Gasteiger partial charge in [-0.05, 0) is 42.5 Å². The molecule has 2 aromatic carbocycles. The van der Waals surface area contributed by atoms with Crippen molar-refractivity contribution in [2.75, 3.05) is 13.2 Å². The third-order valence-corrected chi connectivity index (χ3v) is 5.73. The van der Waals surface area contributed by atoms with Crippen molar-refractivity contribution in [3.63, 3.8) is 0 Å². The summed E-state index contributed by atoms with van der Waals surface area (Å²) < 4.78 is 15.3. The van der Waals surface area contributed by atoms with Crippen LogP contribution in [0.3, 0.4) is 0 Å². The standard InChI is InChI=1S/C23H20FN3O2/c24-16-9-7-15(8-10-16)22-25-12-21-19-6-2-1-5-18(19)20(13-27(21)22)23(29)26-11-3-4-17(26)14-28/h1-2,5-10,12-13,17,28H,3-4,11,14H2. The van der Waals surface area contributed by atoms with Gasteiger partial charge >= 0.3 is 0 Å². The minimum Gasteiger partial charge on any atom is -0.394 e. The molecule has 29 heavy (non-hydrogen) atoms. The molecule has 4 aromatic rings. The number of likely N-dealkylation sites (tertiary alicyclic amines) is 1. The minimum absolute atomic E-state index is 0.0299. The molecule has 0 radical (unpaired) electrons. The molecule has 0 bridgehead atoms. The number of halogens is 1. The van der Waals surface area contributed by atoms with Crippen LogP contribution in [0.2, 0.25) is 0 Å². The molecule has 5 rings (SSSR count). The molecule has 1 fully saturated rings. The van der Waals surface area contributed by atoms with Gasteiger partial charge in [-0.3, -0.25) is 9.20 Å². The van der Waals surface area contributed by atoms with E-state index in [1.807, 2.05) is 34.9 Å². The molecule has 1 unspecified atom stereocenters. The van der Waals surface area contributed by atoms with Crippen LogP contribution in [0, 0.1) is 5.82 Å². The Morgan fingerprint density at radius 2 is 1.90 bits per heavy atom. The van der Waals surface area contributed by atoms with Crippen molar-refractivity contribution in [1.82, 2.24) is 14.3 Å². The molecule has 0 spiro atoms. The van der Waals surface area contributed by atoms with Gasteiger partial charge in [-0.2, -0.15) is 0 Å². The fraction of sp³-hybridized carbons (Fsp3) is 0.217. The van der Waals surface area contributed by atoms with Crippen LogP contribution in [-0.2, 0) is 0 Å². The smallest absolute Gasteiger partial charge is 0.256 e. The van der Waals surface area contributed by atoms with E-state index in [0.717, 1.165) is 34.7 Å². The van der Waals surface area contributed by atoms with Gasteiger partial charge in [0.2, 0.25) is 0 Å². The van der Waals surface area contributed by atoms with Gasteiger partial charge < -0.3 is 10.0 Å². The first-order chi connectivity index (χ1) is 14.2. The molecule has 0 aliphatic carbocycles. The number of rotatable bonds is 3. The highest BCUT2D eigenvalue weighted by Gasteiger charge is 2.30. The Hall–Kier alpha value is -3.25. The normalized spacial score (nSPS) is 16.8. The van der Waals surface area contributed by atoms with E-state index in [2.05, 4.69) is 4.98 Å². The predicted octanol–water partition coefficient (Wildman–Crippen LogP) is 3.89. The zero-order valence-corrected chi connectivity index (χ0v) is 15.8. The highest BCUT2D eigenvalue weighted by atomic mass is 19.1. The van der Waals surface area contributed by atoms with E-state index in [0.29, 0.717) is 17.9 Å². The topological polar surface area (TPSA) is 57.8 Å². The summed E-state index contributed by atoms with van der Waals surface area (Å²) in [6.07, 6.45) is 5.30. The number of carbonyl (C=O) groups is 1. The molecular formula is C23H20FN3O2. The van der Waals surface area contributed by atoms with Gasteiger partial charge in [0.05, 0.1) is 29.9 Å². The van der Waals surface area contributed by atoms with Crippen LogP contribution in [0.1, 0.15) is 23.2 Å². The first kappa shape index (κ1) is 17.8. The lowest BCUT2D eigenvalue weighted by molar-refractivity contribution is 0.0679. The second-order valence-corrected chi connectivity index (χ2v) is 7.41. The van der Waals surface area contributed by atoms with Crippen molar-refractivity contribution in [1.29, 1.82) is 0 Å². The molecule has 2 aromatic heterocycles. The average Bonchev–Trinajstić information content (AvgIpc) is 3.40. The van der Waals surface area contributed by atoms with Gasteiger partial charge in [-0.15, -0.1) is 0 Å². The maximum Gasteiger partial charge on any atom is 0.256 e. The van der Waals surface area contributed by atoms with Crippen molar-refractivity contribution in [3.05, 3.63) is 72.3 Å². The number of nitrogens with zero attached hydrogens (tertiary/aromatic N) is 3. The average molecular weight is 389 g/mol. The zero-order chi connectivity index (χ0) is 20.0. The van der Waals surface area contributed by atoms with Crippen molar-refractivity contribution in [2.45, 2.75) is 18.9 Å². The number of hydrogen-bond donors (Lipinski definition) is 1. The summed E-state index contributed by atoms with van der Waals surface area (Å²) in [4.78, 5) is 19.7. The van der Waals surface area contributed by atoms with E-state index in [-0.39, 0.29) is 24.4 Å². The van der Waals surface area contributed by atoms with E-state index in [1.165, 1.54) is 12.1 Å². The summed E-state index contributed by atoms with van der Waals surface area (Å²) in [6, 6.07) is 13.8. The number of benzene rings is 2. The van der Waals surface area contributed by atoms with Crippen LogP contribution in [0.5, 0.6) is 0 Å². The van der Waals surface area contributed by atoms with Crippen LogP contribution in [0.15, 0.2) is 60.9 Å². The number of carbonyl (C=O) groups excluding carboxylic acids is 1. The third kappa shape index (κ3) is 2.87. The van der Waals surface area contributed by atoms with Gasteiger partial charge in [0.1, 0.15) is 11.6 Å². The van der Waals surface area contributed by atoms with E-state index < -0.39 is 0 Å². The van der Waals surface area contributed by atoms with Gasteiger partial charge in [0.25, 0.3) is 5.91 Å². The summed E-state index contributed by atoms with van der Waals surface area (Å²) in [5.74, 6) is 0.262. The molecule has 146 valence electrons. The number of pyridine rings is 1. The van der Waals surface area contributed by atoms with Crippen LogP contribution in [0.4, 0.5) is 4.39 Å². The lowest BCUT2D eigenvalue weighted by Gasteiger charge is -2.24. The van der Waals surface area contributed by atoms with E-state index in [9.17, 15) is 14.3 Å². The van der Waals surface area contributed by atoms with Gasteiger partial charge in [-0.1, -0.05) is 24.3 Å². The lowest BCUT2D eigenvalue weighted by Crippen LogP contribution is -2.37. The molecule has 1 aliphatic rings. The van der Waals surface area contributed by atoms with Crippen molar-refractivity contribution in [3.8, 4) is 11.4 Å². The summed E-state index contributed by atoms with van der Waals surface area (Å²) in [7, 11) is 0. The number of fused-ring (bicyclic) bond motifs is 3. The van der Waals surface area contributed by atoms with Gasteiger partial charge in [-0.25, -0.2) is 9.37 Å². The number of aliphatic hydroxyl groups excluding tert-OH is 1. The maximum absolute atomic E-state index is 13.4. The summed E-state index contributed by atoms with van der Waals surface area (Å²) in [6.45, 7) is 0.614. The summed E-state index contributed by atoms with van der Waals surface area (Å²) >= 11 is 0. The molecular weight excluding hydrogens is 369 g/mol. The fourth-order valence-electron chi connectivity index (χ4n) is 4.26. The molecule has 1 saturated heterocycles.